The molecule has 0 bridgehead atoms. The van der Waals surface area contributed by atoms with Crippen LogP contribution in [0.1, 0.15) is 35.8 Å². The van der Waals surface area contributed by atoms with Gasteiger partial charge in [-0.1, -0.05) is 0 Å². The van der Waals surface area contributed by atoms with Gasteiger partial charge in [-0.2, -0.15) is 0 Å². The normalized spacial score (nSPS) is 16.8. The van der Waals surface area contributed by atoms with E-state index in [2.05, 4.69) is 32.1 Å². The zero-order valence-electron chi connectivity index (χ0n) is 15.4. The number of aryl methyl sites for hydroxylation is 1. The van der Waals surface area contributed by atoms with Crippen LogP contribution in [0.25, 0.3) is 11.0 Å². The van der Waals surface area contributed by atoms with E-state index in [1.165, 1.54) is 17.4 Å². The summed E-state index contributed by atoms with van der Waals surface area (Å²) < 4.78 is 1.51. The number of anilines is 1. The van der Waals surface area contributed by atoms with E-state index in [9.17, 15) is 9.59 Å². The average Bonchev–Trinajstić information content (AvgIpc) is 3.23. The quantitative estimate of drug-likeness (QED) is 0.731. The molecule has 1 fully saturated rings. The summed E-state index contributed by atoms with van der Waals surface area (Å²) in [5, 5.41) is 2.85. The lowest BCUT2D eigenvalue weighted by molar-refractivity contribution is 0.0950. The highest BCUT2D eigenvalue weighted by molar-refractivity contribution is 5.97. The van der Waals surface area contributed by atoms with Gasteiger partial charge in [-0.25, -0.2) is 9.78 Å². The maximum atomic E-state index is 12.4. The second-order valence-electron chi connectivity index (χ2n) is 6.95. The molecule has 1 saturated heterocycles. The Kier molecular flexibility index (Phi) is 4.39. The Morgan fingerprint density at radius 3 is 2.89 bits per heavy atom. The molecule has 0 radical (unpaired) electrons. The van der Waals surface area contributed by atoms with Crippen molar-refractivity contribution < 1.29 is 4.79 Å². The maximum Gasteiger partial charge on any atom is 0.326 e. The third kappa shape index (κ3) is 3.30. The average molecular weight is 366 g/mol. The van der Waals surface area contributed by atoms with Crippen LogP contribution in [-0.4, -0.2) is 38.0 Å². The molecule has 0 unspecified atom stereocenters. The number of benzene rings is 1. The van der Waals surface area contributed by atoms with Gasteiger partial charge < -0.3 is 15.2 Å². The molecule has 1 atom stereocenters. The number of aromatic nitrogens is 4. The van der Waals surface area contributed by atoms with Crippen molar-refractivity contribution in [2.45, 2.75) is 32.4 Å². The molecule has 1 aromatic carbocycles. The van der Waals surface area contributed by atoms with Crippen molar-refractivity contribution in [1.82, 2.24) is 24.8 Å². The third-order valence-electron chi connectivity index (χ3n) is 5.14. The number of fused-ring (bicyclic) bond motifs is 1. The van der Waals surface area contributed by atoms with Crippen LogP contribution in [0.15, 0.2) is 35.4 Å². The maximum absolute atomic E-state index is 12.4. The zero-order valence-corrected chi connectivity index (χ0v) is 15.4. The molecule has 2 N–H and O–H groups in total. The molecule has 140 valence electrons. The largest absolute Gasteiger partial charge is 0.353 e. The minimum atomic E-state index is -0.222. The van der Waals surface area contributed by atoms with E-state index < -0.39 is 0 Å². The van der Waals surface area contributed by atoms with Crippen LogP contribution >= 0.6 is 0 Å². The zero-order chi connectivity index (χ0) is 19.0. The summed E-state index contributed by atoms with van der Waals surface area (Å²) in [6.45, 7) is 3.50. The number of aromatic amines is 1. The molecule has 0 aliphatic carbocycles. The Morgan fingerprint density at radius 1 is 1.33 bits per heavy atom. The van der Waals surface area contributed by atoms with Crippen molar-refractivity contribution >= 4 is 22.8 Å². The molecule has 8 heteroatoms. The van der Waals surface area contributed by atoms with Crippen molar-refractivity contribution in [3.63, 3.8) is 0 Å². The standard InChI is InChI=1S/C19H22N6O2/c1-12-4-3-7-25(12)17-11-20-14(9-21-17)10-22-18(26)13-5-6-16-15(8-13)23-19(27)24(16)2/h5-6,8-9,11-12H,3-4,7,10H2,1-2H3,(H,22,26)(H,23,27)/t12-/m0/s1. The van der Waals surface area contributed by atoms with Crippen molar-refractivity contribution in [2.24, 2.45) is 7.05 Å². The Morgan fingerprint density at radius 2 is 2.19 bits per heavy atom. The van der Waals surface area contributed by atoms with Gasteiger partial charge in [0.25, 0.3) is 5.91 Å². The van der Waals surface area contributed by atoms with E-state index in [0.29, 0.717) is 29.4 Å². The number of imidazole rings is 1. The molecule has 27 heavy (non-hydrogen) atoms. The summed E-state index contributed by atoms with van der Waals surface area (Å²) in [6.07, 6.45) is 5.83. The number of nitrogens with zero attached hydrogens (tertiary/aromatic N) is 4. The number of hydrogen-bond donors (Lipinski definition) is 2. The summed E-state index contributed by atoms with van der Waals surface area (Å²) in [5.41, 5.74) is 2.38. The van der Waals surface area contributed by atoms with Crippen LogP contribution in [0.2, 0.25) is 0 Å². The van der Waals surface area contributed by atoms with Crippen LogP contribution < -0.4 is 15.9 Å². The second-order valence-corrected chi connectivity index (χ2v) is 6.95. The predicted molar refractivity (Wildman–Crippen MR) is 103 cm³/mol. The Labute approximate surface area is 156 Å². The van der Waals surface area contributed by atoms with Crippen molar-refractivity contribution in [3.8, 4) is 0 Å². The molecule has 3 heterocycles. The van der Waals surface area contributed by atoms with Crippen molar-refractivity contribution in [2.75, 3.05) is 11.4 Å². The van der Waals surface area contributed by atoms with Crippen molar-refractivity contribution in [1.29, 1.82) is 0 Å². The third-order valence-corrected chi connectivity index (χ3v) is 5.14. The lowest BCUT2D eigenvalue weighted by atomic mass is 10.2. The number of H-pyrrole nitrogens is 1. The van der Waals surface area contributed by atoms with Crippen molar-refractivity contribution in [3.05, 3.63) is 52.3 Å². The number of hydrogen-bond acceptors (Lipinski definition) is 5. The Balaban J connectivity index is 1.42. The molecular weight excluding hydrogens is 344 g/mol. The van der Waals surface area contributed by atoms with E-state index in [-0.39, 0.29) is 11.6 Å². The molecule has 1 aliphatic heterocycles. The fourth-order valence-corrected chi connectivity index (χ4v) is 3.51. The van der Waals surface area contributed by atoms with E-state index in [4.69, 9.17) is 0 Å². The number of rotatable bonds is 4. The van der Waals surface area contributed by atoms with E-state index in [0.717, 1.165) is 17.9 Å². The molecule has 3 aromatic rings. The molecule has 2 aromatic heterocycles. The lowest BCUT2D eigenvalue weighted by Crippen LogP contribution is -2.27. The molecule has 8 nitrogen and oxygen atoms in total. The molecule has 1 aliphatic rings. The van der Waals surface area contributed by atoms with Crippen LogP contribution in [-0.2, 0) is 13.6 Å². The number of amides is 1. The van der Waals surface area contributed by atoms with Gasteiger partial charge in [-0.15, -0.1) is 0 Å². The second kappa shape index (κ2) is 6.86. The first kappa shape index (κ1) is 17.3. The summed E-state index contributed by atoms with van der Waals surface area (Å²) in [7, 11) is 1.69. The first-order valence-electron chi connectivity index (χ1n) is 9.07. The van der Waals surface area contributed by atoms with Crippen LogP contribution in [0.4, 0.5) is 5.82 Å². The number of carbonyl (C=O) groups excluding carboxylic acids is 1. The van der Waals surface area contributed by atoms with Gasteiger partial charge in [-0.3, -0.25) is 14.3 Å². The molecular formula is C19H22N6O2. The topological polar surface area (TPSA) is 95.9 Å². The summed E-state index contributed by atoms with van der Waals surface area (Å²) in [6, 6.07) is 5.63. The summed E-state index contributed by atoms with van der Waals surface area (Å²) in [4.78, 5) is 38.0. The molecule has 0 spiro atoms. The highest BCUT2D eigenvalue weighted by Gasteiger charge is 2.21. The lowest BCUT2D eigenvalue weighted by Gasteiger charge is -2.22. The van der Waals surface area contributed by atoms with Gasteiger partial charge >= 0.3 is 5.69 Å². The van der Waals surface area contributed by atoms with Gasteiger partial charge in [0.15, 0.2) is 0 Å². The predicted octanol–water partition coefficient (Wildman–Crippen LogP) is 1.58. The van der Waals surface area contributed by atoms with Gasteiger partial charge in [0.05, 0.1) is 35.7 Å². The van der Waals surface area contributed by atoms with Gasteiger partial charge in [0.1, 0.15) is 5.82 Å². The number of carbonyl (C=O) groups is 1. The number of nitrogens with one attached hydrogen (secondary N) is 2. The van der Waals surface area contributed by atoms with Crippen LogP contribution in [0, 0.1) is 0 Å². The smallest absolute Gasteiger partial charge is 0.326 e. The fraction of sp³-hybridized carbons (Fsp3) is 0.368. The fourth-order valence-electron chi connectivity index (χ4n) is 3.51. The van der Waals surface area contributed by atoms with Gasteiger partial charge in [-0.05, 0) is 38.0 Å². The summed E-state index contributed by atoms with van der Waals surface area (Å²) >= 11 is 0. The van der Waals surface area contributed by atoms with E-state index >= 15 is 0 Å². The van der Waals surface area contributed by atoms with Gasteiger partial charge in [0.2, 0.25) is 0 Å². The van der Waals surface area contributed by atoms with Gasteiger partial charge in [0, 0.05) is 25.2 Å². The minimum absolute atomic E-state index is 0.203. The SMILES string of the molecule is C[C@H]1CCCN1c1cnc(CNC(=O)c2ccc3c(c2)[nH]c(=O)n3C)cn1. The Bertz CT molecular complexity index is 1040. The monoisotopic (exact) mass is 366 g/mol. The molecule has 4 rings (SSSR count). The summed E-state index contributed by atoms with van der Waals surface area (Å²) in [5.74, 6) is 0.661. The first-order chi connectivity index (χ1) is 13.0. The highest BCUT2D eigenvalue weighted by Crippen LogP contribution is 2.22. The van der Waals surface area contributed by atoms with Crippen LogP contribution in [0.5, 0.6) is 0 Å². The minimum Gasteiger partial charge on any atom is -0.353 e. The first-order valence-corrected chi connectivity index (χ1v) is 9.07. The Hall–Kier alpha value is -3.16. The molecule has 1 amide bonds. The van der Waals surface area contributed by atoms with E-state index in [1.54, 1.807) is 37.6 Å². The van der Waals surface area contributed by atoms with E-state index in [1.807, 2.05) is 0 Å². The highest BCUT2D eigenvalue weighted by atomic mass is 16.2. The molecule has 0 saturated carbocycles. The van der Waals surface area contributed by atoms with Crippen LogP contribution in [0.3, 0.4) is 0 Å².